The summed E-state index contributed by atoms with van der Waals surface area (Å²) in [6.45, 7) is 7.74. The second kappa shape index (κ2) is 6.56. The van der Waals surface area contributed by atoms with Crippen LogP contribution in [0.25, 0.3) is 0 Å². The summed E-state index contributed by atoms with van der Waals surface area (Å²) in [4.78, 5) is 10.6. The smallest absolute Gasteiger partial charge is 0.269 e. The van der Waals surface area contributed by atoms with Gasteiger partial charge in [-0.1, -0.05) is 39.3 Å². The van der Waals surface area contributed by atoms with E-state index in [1.807, 2.05) is 6.07 Å². The van der Waals surface area contributed by atoms with Crippen LogP contribution in [0.4, 0.5) is 5.69 Å². The molecule has 1 aliphatic carbocycles. The minimum absolute atomic E-state index is 0.181. The van der Waals surface area contributed by atoms with E-state index in [0.29, 0.717) is 11.3 Å². The van der Waals surface area contributed by atoms with Crippen LogP contribution in [-0.4, -0.2) is 11.5 Å². The lowest BCUT2D eigenvalue weighted by Crippen LogP contribution is -2.31. The Kier molecular flexibility index (Phi) is 4.99. The number of hydrogen-bond donors (Lipinski definition) is 1. The summed E-state index contributed by atoms with van der Waals surface area (Å²) in [6.07, 6.45) is 4.67. The summed E-state index contributed by atoms with van der Waals surface area (Å²) >= 11 is 0. The molecule has 1 N–H and O–H groups in total. The average molecular weight is 290 g/mol. The molecule has 0 amide bonds. The van der Waals surface area contributed by atoms with Crippen LogP contribution in [0.1, 0.15) is 58.1 Å². The van der Waals surface area contributed by atoms with Crippen molar-refractivity contribution in [3.05, 3.63) is 39.9 Å². The van der Waals surface area contributed by atoms with E-state index in [9.17, 15) is 10.1 Å². The summed E-state index contributed by atoms with van der Waals surface area (Å²) < 4.78 is 0. The summed E-state index contributed by atoms with van der Waals surface area (Å²) in [5.74, 6) is 0.692. The topological polar surface area (TPSA) is 55.2 Å². The lowest BCUT2D eigenvalue weighted by Gasteiger charge is -2.25. The van der Waals surface area contributed by atoms with Crippen molar-refractivity contribution in [2.24, 2.45) is 11.3 Å². The molecule has 0 heterocycles. The van der Waals surface area contributed by atoms with Gasteiger partial charge in [-0.15, -0.1) is 0 Å². The van der Waals surface area contributed by atoms with Gasteiger partial charge in [0, 0.05) is 24.7 Å². The minimum atomic E-state index is -0.316. The largest absolute Gasteiger partial charge is 0.309 e. The van der Waals surface area contributed by atoms with Crippen molar-refractivity contribution >= 4 is 5.69 Å². The van der Waals surface area contributed by atoms with Crippen LogP contribution in [0.2, 0.25) is 0 Å². The number of nitrogens with one attached hydrogen (secondary N) is 1. The Morgan fingerprint density at radius 2 is 2.10 bits per heavy atom. The number of hydrogen-bond acceptors (Lipinski definition) is 3. The zero-order valence-corrected chi connectivity index (χ0v) is 13.3. The predicted octanol–water partition coefficient (Wildman–Crippen LogP) is 4.46. The molecule has 1 aliphatic rings. The molecule has 21 heavy (non-hydrogen) atoms. The Morgan fingerprint density at radius 1 is 1.38 bits per heavy atom. The molecule has 1 saturated carbocycles. The monoisotopic (exact) mass is 290 g/mol. The molecule has 1 unspecified atom stereocenters. The molecule has 4 heteroatoms. The highest BCUT2D eigenvalue weighted by molar-refractivity contribution is 5.35. The number of benzene rings is 1. The fourth-order valence-corrected chi connectivity index (χ4v) is 2.98. The third-order valence-corrected chi connectivity index (χ3v) is 4.88. The average Bonchev–Trinajstić information content (AvgIpc) is 3.25. The molecule has 2 rings (SSSR count). The van der Waals surface area contributed by atoms with Crippen molar-refractivity contribution in [2.45, 2.75) is 52.5 Å². The van der Waals surface area contributed by atoms with Gasteiger partial charge in [-0.2, -0.15) is 0 Å². The second-order valence-electron chi connectivity index (χ2n) is 6.59. The van der Waals surface area contributed by atoms with Crippen LogP contribution in [0, 0.1) is 21.4 Å². The number of nitro benzene ring substituents is 1. The zero-order valence-electron chi connectivity index (χ0n) is 13.3. The first kappa shape index (κ1) is 16.0. The van der Waals surface area contributed by atoms with Gasteiger partial charge in [-0.25, -0.2) is 0 Å². The minimum Gasteiger partial charge on any atom is -0.309 e. The molecule has 116 valence electrons. The van der Waals surface area contributed by atoms with Gasteiger partial charge in [0.05, 0.1) is 4.92 Å². The van der Waals surface area contributed by atoms with E-state index in [4.69, 9.17) is 0 Å². The molecule has 4 nitrogen and oxygen atoms in total. The highest BCUT2D eigenvalue weighted by Gasteiger charge is 2.45. The molecule has 1 aromatic rings. The maximum absolute atomic E-state index is 10.9. The molecule has 1 atom stereocenters. The van der Waals surface area contributed by atoms with Crippen LogP contribution in [0.15, 0.2) is 24.3 Å². The summed E-state index contributed by atoms with van der Waals surface area (Å²) in [5.41, 5.74) is 1.66. The normalized spacial score (nSPS) is 17.7. The van der Waals surface area contributed by atoms with Crippen molar-refractivity contribution < 1.29 is 4.92 Å². The Hall–Kier alpha value is -1.42. The summed E-state index contributed by atoms with van der Waals surface area (Å²) in [5, 5.41) is 14.6. The van der Waals surface area contributed by atoms with Gasteiger partial charge >= 0.3 is 0 Å². The van der Waals surface area contributed by atoms with E-state index < -0.39 is 0 Å². The molecule has 0 radical (unpaired) electrons. The van der Waals surface area contributed by atoms with Gasteiger partial charge in [0.2, 0.25) is 0 Å². The maximum Gasteiger partial charge on any atom is 0.269 e. The lowest BCUT2D eigenvalue weighted by molar-refractivity contribution is -0.384. The zero-order chi connectivity index (χ0) is 15.5. The molecule has 0 aliphatic heterocycles. The van der Waals surface area contributed by atoms with Crippen molar-refractivity contribution in [1.29, 1.82) is 0 Å². The van der Waals surface area contributed by atoms with E-state index in [0.717, 1.165) is 24.9 Å². The molecule has 0 saturated heterocycles. The molecular formula is C17H26N2O2. The van der Waals surface area contributed by atoms with Gasteiger partial charge in [-0.05, 0) is 36.2 Å². The highest BCUT2D eigenvalue weighted by atomic mass is 16.6. The van der Waals surface area contributed by atoms with Crippen LogP contribution in [0.3, 0.4) is 0 Å². The number of nitro groups is 1. The van der Waals surface area contributed by atoms with Crippen LogP contribution >= 0.6 is 0 Å². The van der Waals surface area contributed by atoms with E-state index in [2.05, 4.69) is 26.1 Å². The Morgan fingerprint density at radius 3 is 2.62 bits per heavy atom. The van der Waals surface area contributed by atoms with E-state index in [-0.39, 0.29) is 16.7 Å². The lowest BCUT2D eigenvalue weighted by atomic mass is 9.91. The Balaban J connectivity index is 2.08. The van der Waals surface area contributed by atoms with E-state index >= 15 is 0 Å². The van der Waals surface area contributed by atoms with Crippen molar-refractivity contribution in [1.82, 2.24) is 5.32 Å². The van der Waals surface area contributed by atoms with Crippen molar-refractivity contribution in [3.8, 4) is 0 Å². The Bertz CT molecular complexity index is 495. The number of non-ortho nitro benzene ring substituents is 1. The predicted molar refractivity (Wildman–Crippen MR) is 85.3 cm³/mol. The van der Waals surface area contributed by atoms with Gasteiger partial charge in [-0.3, -0.25) is 10.1 Å². The molecule has 1 fully saturated rings. The van der Waals surface area contributed by atoms with Crippen LogP contribution < -0.4 is 5.32 Å². The van der Waals surface area contributed by atoms with Gasteiger partial charge in [0.1, 0.15) is 0 Å². The van der Waals surface area contributed by atoms with E-state index in [1.165, 1.54) is 12.8 Å². The maximum atomic E-state index is 10.9. The summed E-state index contributed by atoms with van der Waals surface area (Å²) in [7, 11) is 0. The third-order valence-electron chi connectivity index (χ3n) is 4.88. The molecule has 1 aromatic carbocycles. The Labute approximate surface area is 127 Å². The fraction of sp³-hybridized carbons (Fsp3) is 0.647. The number of rotatable bonds is 8. The third kappa shape index (κ3) is 3.82. The molecular weight excluding hydrogens is 264 g/mol. The highest BCUT2D eigenvalue weighted by Crippen LogP contribution is 2.51. The van der Waals surface area contributed by atoms with Crippen molar-refractivity contribution in [2.75, 3.05) is 6.54 Å². The number of nitrogens with zero attached hydrogens (tertiary/aromatic N) is 1. The van der Waals surface area contributed by atoms with Gasteiger partial charge in [0.15, 0.2) is 0 Å². The van der Waals surface area contributed by atoms with Crippen LogP contribution in [0.5, 0.6) is 0 Å². The SMILES string of the molecule is CCCC(NCC1(C(C)C)CC1)c1cccc([N+](=O)[O-])c1. The molecule has 0 bridgehead atoms. The standard InChI is InChI=1S/C17H26N2O2/c1-4-6-16(18-12-17(9-10-17)13(2)3)14-7-5-8-15(11-14)19(20)21/h5,7-8,11,13,16,18H,4,6,9-10,12H2,1-3H3. The van der Waals surface area contributed by atoms with Crippen molar-refractivity contribution in [3.63, 3.8) is 0 Å². The van der Waals surface area contributed by atoms with Gasteiger partial charge < -0.3 is 5.32 Å². The molecule has 0 spiro atoms. The fourth-order valence-electron chi connectivity index (χ4n) is 2.98. The summed E-state index contributed by atoms with van der Waals surface area (Å²) in [6, 6.07) is 7.26. The first-order valence-corrected chi connectivity index (χ1v) is 7.96. The molecule has 0 aromatic heterocycles. The second-order valence-corrected chi connectivity index (χ2v) is 6.59. The van der Waals surface area contributed by atoms with Gasteiger partial charge in [0.25, 0.3) is 5.69 Å². The quantitative estimate of drug-likeness (QED) is 0.568. The first-order chi connectivity index (χ1) is 9.98. The van der Waals surface area contributed by atoms with Crippen LogP contribution in [-0.2, 0) is 0 Å². The first-order valence-electron chi connectivity index (χ1n) is 7.96. The van der Waals surface area contributed by atoms with E-state index in [1.54, 1.807) is 18.2 Å².